The van der Waals surface area contributed by atoms with Gasteiger partial charge in [0.1, 0.15) is 0 Å². The number of hydrogen-bond acceptors (Lipinski definition) is 4. The molecule has 6 heteroatoms. The quantitative estimate of drug-likeness (QED) is 0.717. The Labute approximate surface area is 149 Å². The van der Waals surface area contributed by atoms with E-state index in [4.69, 9.17) is 11.6 Å². The van der Waals surface area contributed by atoms with E-state index in [0.29, 0.717) is 23.0 Å². The first kappa shape index (κ1) is 16.6. The lowest BCUT2D eigenvalue weighted by molar-refractivity contribution is -0.116. The standard InChI is InChI=1S/C18H16ClN3OS/c1-12-17(14-8-10-20-11-9-14)24-18(21-12)22-16(23)7-4-13-2-5-15(19)6-3-13/h2-3,5-6,8-11H,4,7H2,1H3,(H,21,22,23). The monoisotopic (exact) mass is 357 g/mol. The molecule has 122 valence electrons. The fraction of sp³-hybridized carbons (Fsp3) is 0.167. The maximum atomic E-state index is 12.1. The van der Waals surface area contributed by atoms with Gasteiger partial charge < -0.3 is 5.32 Å². The molecule has 0 saturated heterocycles. The molecule has 0 aliphatic carbocycles. The first-order valence-corrected chi connectivity index (χ1v) is 8.73. The number of aromatic nitrogens is 2. The second kappa shape index (κ2) is 7.55. The van der Waals surface area contributed by atoms with Gasteiger partial charge in [-0.25, -0.2) is 4.98 Å². The van der Waals surface area contributed by atoms with Gasteiger partial charge in [0.2, 0.25) is 5.91 Å². The van der Waals surface area contributed by atoms with Gasteiger partial charge in [0, 0.05) is 23.8 Å². The van der Waals surface area contributed by atoms with Gasteiger partial charge in [0.15, 0.2) is 5.13 Å². The van der Waals surface area contributed by atoms with Crippen molar-refractivity contribution < 1.29 is 4.79 Å². The van der Waals surface area contributed by atoms with Crippen molar-refractivity contribution in [1.29, 1.82) is 0 Å². The fourth-order valence-electron chi connectivity index (χ4n) is 2.31. The van der Waals surface area contributed by atoms with Crippen molar-refractivity contribution in [2.24, 2.45) is 0 Å². The summed E-state index contributed by atoms with van der Waals surface area (Å²) in [5.41, 5.74) is 3.04. The van der Waals surface area contributed by atoms with Crippen molar-refractivity contribution in [3.05, 3.63) is 65.1 Å². The summed E-state index contributed by atoms with van der Waals surface area (Å²) in [5.74, 6) is -0.0417. The lowest BCUT2D eigenvalue weighted by Gasteiger charge is -2.02. The molecule has 0 unspecified atom stereocenters. The molecule has 0 atom stereocenters. The van der Waals surface area contributed by atoms with Crippen LogP contribution >= 0.6 is 22.9 Å². The summed E-state index contributed by atoms with van der Waals surface area (Å²) in [6, 6.07) is 11.4. The van der Waals surface area contributed by atoms with Gasteiger partial charge in [-0.3, -0.25) is 9.78 Å². The molecular formula is C18H16ClN3OS. The number of nitrogens with zero attached hydrogens (tertiary/aromatic N) is 2. The molecule has 1 amide bonds. The maximum Gasteiger partial charge on any atom is 0.226 e. The molecule has 2 heterocycles. The molecule has 0 aliphatic heterocycles. The predicted octanol–water partition coefficient (Wildman–Crippen LogP) is 4.74. The van der Waals surface area contributed by atoms with E-state index in [-0.39, 0.29) is 5.91 Å². The number of hydrogen-bond donors (Lipinski definition) is 1. The molecular weight excluding hydrogens is 342 g/mol. The molecule has 1 aromatic carbocycles. The SMILES string of the molecule is Cc1nc(NC(=O)CCc2ccc(Cl)cc2)sc1-c1ccncc1. The van der Waals surface area contributed by atoms with Crippen molar-refractivity contribution in [3.63, 3.8) is 0 Å². The van der Waals surface area contributed by atoms with E-state index < -0.39 is 0 Å². The first-order valence-electron chi connectivity index (χ1n) is 7.54. The van der Waals surface area contributed by atoms with E-state index in [1.807, 2.05) is 43.3 Å². The summed E-state index contributed by atoms with van der Waals surface area (Å²) < 4.78 is 0. The molecule has 0 bridgehead atoms. The number of rotatable bonds is 5. The highest BCUT2D eigenvalue weighted by molar-refractivity contribution is 7.19. The Balaban J connectivity index is 1.61. The fourth-order valence-corrected chi connectivity index (χ4v) is 3.43. The van der Waals surface area contributed by atoms with Gasteiger partial charge in [-0.2, -0.15) is 0 Å². The van der Waals surface area contributed by atoms with E-state index in [1.54, 1.807) is 12.4 Å². The average Bonchev–Trinajstić information content (AvgIpc) is 2.95. The van der Waals surface area contributed by atoms with Gasteiger partial charge in [0.05, 0.1) is 10.6 Å². The molecule has 4 nitrogen and oxygen atoms in total. The zero-order chi connectivity index (χ0) is 16.9. The average molecular weight is 358 g/mol. The molecule has 0 aliphatic rings. The number of aryl methyl sites for hydroxylation is 2. The van der Waals surface area contributed by atoms with E-state index in [0.717, 1.165) is 21.7 Å². The molecule has 3 aromatic rings. The normalized spacial score (nSPS) is 10.6. The van der Waals surface area contributed by atoms with Crippen LogP contribution in [-0.2, 0) is 11.2 Å². The minimum absolute atomic E-state index is 0.0417. The number of benzene rings is 1. The lowest BCUT2D eigenvalue weighted by Crippen LogP contribution is -2.12. The summed E-state index contributed by atoms with van der Waals surface area (Å²) in [7, 11) is 0. The summed E-state index contributed by atoms with van der Waals surface area (Å²) in [4.78, 5) is 21.6. The van der Waals surface area contributed by atoms with Crippen LogP contribution in [0.5, 0.6) is 0 Å². The van der Waals surface area contributed by atoms with Crippen LogP contribution in [-0.4, -0.2) is 15.9 Å². The highest BCUT2D eigenvalue weighted by Crippen LogP contribution is 2.32. The Morgan fingerprint density at radius 3 is 2.58 bits per heavy atom. The van der Waals surface area contributed by atoms with Crippen LogP contribution in [0.15, 0.2) is 48.8 Å². The Bertz CT molecular complexity index is 831. The number of carbonyl (C=O) groups excluding carboxylic acids is 1. The number of halogens is 1. The number of anilines is 1. The summed E-state index contributed by atoms with van der Waals surface area (Å²) in [5, 5.41) is 4.21. The van der Waals surface area contributed by atoms with Crippen LogP contribution in [0.1, 0.15) is 17.7 Å². The van der Waals surface area contributed by atoms with Gasteiger partial charge in [-0.15, -0.1) is 0 Å². The molecule has 0 saturated carbocycles. The largest absolute Gasteiger partial charge is 0.302 e. The maximum absolute atomic E-state index is 12.1. The van der Waals surface area contributed by atoms with Crippen molar-refractivity contribution in [2.75, 3.05) is 5.32 Å². The van der Waals surface area contributed by atoms with Crippen LogP contribution in [0.4, 0.5) is 5.13 Å². The summed E-state index contributed by atoms with van der Waals surface area (Å²) in [6.45, 7) is 1.94. The highest BCUT2D eigenvalue weighted by atomic mass is 35.5. The molecule has 0 spiro atoms. The van der Waals surface area contributed by atoms with Gasteiger partial charge in [-0.05, 0) is 48.7 Å². The van der Waals surface area contributed by atoms with Crippen LogP contribution in [0.2, 0.25) is 5.02 Å². The second-order valence-corrected chi connectivity index (χ2v) is 6.78. The van der Waals surface area contributed by atoms with Crippen LogP contribution in [0, 0.1) is 6.92 Å². The molecule has 1 N–H and O–H groups in total. The van der Waals surface area contributed by atoms with Gasteiger partial charge >= 0.3 is 0 Å². The topological polar surface area (TPSA) is 54.9 Å². The minimum atomic E-state index is -0.0417. The highest BCUT2D eigenvalue weighted by Gasteiger charge is 2.12. The van der Waals surface area contributed by atoms with Crippen molar-refractivity contribution in [2.45, 2.75) is 19.8 Å². The molecule has 2 aromatic heterocycles. The third-order valence-corrected chi connectivity index (χ3v) is 4.91. The Morgan fingerprint density at radius 1 is 1.17 bits per heavy atom. The molecule has 0 fully saturated rings. The molecule has 24 heavy (non-hydrogen) atoms. The number of thiazole rings is 1. The van der Waals surface area contributed by atoms with E-state index in [2.05, 4.69) is 15.3 Å². The van der Waals surface area contributed by atoms with Crippen molar-refractivity contribution in [1.82, 2.24) is 9.97 Å². The number of carbonyl (C=O) groups is 1. The zero-order valence-corrected chi connectivity index (χ0v) is 14.7. The number of amides is 1. The van der Waals surface area contributed by atoms with Crippen LogP contribution in [0.25, 0.3) is 10.4 Å². The van der Waals surface area contributed by atoms with Crippen LogP contribution in [0.3, 0.4) is 0 Å². The van der Waals surface area contributed by atoms with Crippen LogP contribution < -0.4 is 5.32 Å². The Hall–Kier alpha value is -2.24. The second-order valence-electron chi connectivity index (χ2n) is 5.34. The van der Waals surface area contributed by atoms with E-state index in [1.165, 1.54) is 11.3 Å². The predicted molar refractivity (Wildman–Crippen MR) is 98.5 cm³/mol. The Kier molecular flexibility index (Phi) is 5.23. The molecule has 3 rings (SSSR count). The molecule has 0 radical (unpaired) electrons. The third kappa shape index (κ3) is 4.19. The number of nitrogens with one attached hydrogen (secondary N) is 1. The van der Waals surface area contributed by atoms with Crippen molar-refractivity contribution >= 4 is 34.0 Å². The number of pyridine rings is 1. The summed E-state index contributed by atoms with van der Waals surface area (Å²) >= 11 is 7.34. The third-order valence-electron chi connectivity index (χ3n) is 3.54. The van der Waals surface area contributed by atoms with Gasteiger partial charge in [0.25, 0.3) is 0 Å². The Morgan fingerprint density at radius 2 is 1.88 bits per heavy atom. The van der Waals surface area contributed by atoms with Crippen molar-refractivity contribution in [3.8, 4) is 10.4 Å². The smallest absolute Gasteiger partial charge is 0.226 e. The minimum Gasteiger partial charge on any atom is -0.302 e. The van der Waals surface area contributed by atoms with Gasteiger partial charge in [-0.1, -0.05) is 35.1 Å². The van der Waals surface area contributed by atoms with E-state index in [9.17, 15) is 4.79 Å². The zero-order valence-electron chi connectivity index (χ0n) is 13.1. The van der Waals surface area contributed by atoms with E-state index >= 15 is 0 Å². The first-order chi connectivity index (χ1) is 11.6. The lowest BCUT2D eigenvalue weighted by atomic mass is 10.1. The summed E-state index contributed by atoms with van der Waals surface area (Å²) in [6.07, 6.45) is 4.58.